The summed E-state index contributed by atoms with van der Waals surface area (Å²) < 4.78 is 14.0. The van der Waals surface area contributed by atoms with E-state index in [1.807, 2.05) is 0 Å². The number of nitrogens with one attached hydrogen (secondary N) is 2. The molecule has 1 aliphatic rings. The van der Waals surface area contributed by atoms with Crippen LogP contribution in [0.15, 0.2) is 48.5 Å². The van der Waals surface area contributed by atoms with Crippen molar-refractivity contribution in [2.24, 2.45) is 0 Å². The van der Waals surface area contributed by atoms with Gasteiger partial charge in [-0.2, -0.15) is 0 Å². The SMILES string of the molecule is O=C(Nc1ccc(F)cc1)Nc1nc2c(cc3c4c(cccc42)CC3)s1. The lowest BCUT2D eigenvalue weighted by Gasteiger charge is -2.04. The number of aromatic nitrogens is 1. The summed E-state index contributed by atoms with van der Waals surface area (Å²) in [4.78, 5) is 16.8. The van der Waals surface area contributed by atoms with Crippen LogP contribution in [0.3, 0.4) is 0 Å². The highest BCUT2D eigenvalue weighted by Crippen LogP contribution is 2.39. The van der Waals surface area contributed by atoms with Crippen molar-refractivity contribution >= 4 is 49.2 Å². The van der Waals surface area contributed by atoms with Gasteiger partial charge in [-0.1, -0.05) is 29.5 Å². The number of amides is 2. The number of aryl methyl sites for hydroxylation is 2. The second-order valence-electron chi connectivity index (χ2n) is 6.33. The molecule has 5 rings (SSSR count). The molecule has 1 heterocycles. The van der Waals surface area contributed by atoms with Crippen LogP contribution in [0.5, 0.6) is 0 Å². The van der Waals surface area contributed by atoms with E-state index in [1.165, 1.54) is 52.1 Å². The first-order valence-corrected chi connectivity index (χ1v) is 9.16. The van der Waals surface area contributed by atoms with E-state index < -0.39 is 6.03 Å². The van der Waals surface area contributed by atoms with Gasteiger partial charge in [-0.25, -0.2) is 14.2 Å². The number of rotatable bonds is 2. The molecular weight excluding hydrogens is 349 g/mol. The number of nitrogens with zero attached hydrogens (tertiary/aromatic N) is 1. The fourth-order valence-electron chi connectivity index (χ4n) is 3.55. The summed E-state index contributed by atoms with van der Waals surface area (Å²) in [6, 6.07) is 13.8. The van der Waals surface area contributed by atoms with E-state index in [1.54, 1.807) is 0 Å². The molecule has 1 aromatic heterocycles. The van der Waals surface area contributed by atoms with Gasteiger partial charge < -0.3 is 5.32 Å². The Morgan fingerprint density at radius 3 is 2.69 bits per heavy atom. The Kier molecular flexibility index (Phi) is 3.39. The summed E-state index contributed by atoms with van der Waals surface area (Å²) in [7, 11) is 0. The third-order valence-electron chi connectivity index (χ3n) is 4.67. The molecule has 4 nitrogen and oxygen atoms in total. The lowest BCUT2D eigenvalue weighted by atomic mass is 10.0. The van der Waals surface area contributed by atoms with Crippen molar-refractivity contribution in [3.63, 3.8) is 0 Å². The molecule has 26 heavy (non-hydrogen) atoms. The van der Waals surface area contributed by atoms with Gasteiger partial charge in [-0.3, -0.25) is 5.32 Å². The number of carbonyl (C=O) groups excluding carboxylic acids is 1. The quantitative estimate of drug-likeness (QED) is 0.506. The van der Waals surface area contributed by atoms with E-state index in [4.69, 9.17) is 0 Å². The Morgan fingerprint density at radius 2 is 1.85 bits per heavy atom. The highest BCUT2D eigenvalue weighted by atomic mass is 32.1. The van der Waals surface area contributed by atoms with Gasteiger partial charge in [0.1, 0.15) is 5.82 Å². The Balaban J connectivity index is 1.47. The lowest BCUT2D eigenvalue weighted by Crippen LogP contribution is -2.19. The van der Waals surface area contributed by atoms with Gasteiger partial charge in [-0.05, 0) is 59.7 Å². The standard InChI is InChI=1S/C20H14FN3OS/c21-13-6-8-14(9-7-13)22-19(25)24-20-23-18-15-3-1-2-11-4-5-12(17(11)15)10-16(18)26-20/h1-3,6-10H,4-5H2,(H2,22,23,24,25). The van der Waals surface area contributed by atoms with Crippen LogP contribution >= 0.6 is 11.3 Å². The fourth-order valence-corrected chi connectivity index (χ4v) is 4.49. The van der Waals surface area contributed by atoms with Crippen LogP contribution in [0.25, 0.3) is 21.0 Å². The van der Waals surface area contributed by atoms with Gasteiger partial charge in [-0.15, -0.1) is 0 Å². The molecule has 0 saturated carbocycles. The minimum Gasteiger partial charge on any atom is -0.308 e. The number of hydrogen-bond donors (Lipinski definition) is 2. The van der Waals surface area contributed by atoms with Crippen LogP contribution in [0, 0.1) is 5.82 Å². The van der Waals surface area contributed by atoms with E-state index in [0.29, 0.717) is 10.8 Å². The maximum Gasteiger partial charge on any atom is 0.325 e. The molecule has 0 radical (unpaired) electrons. The number of fused-ring (bicyclic) bond motifs is 2. The summed E-state index contributed by atoms with van der Waals surface area (Å²) in [6.07, 6.45) is 2.13. The molecule has 0 saturated heterocycles. The van der Waals surface area contributed by atoms with Gasteiger partial charge in [0.25, 0.3) is 0 Å². The molecule has 2 N–H and O–H groups in total. The Morgan fingerprint density at radius 1 is 1.04 bits per heavy atom. The molecule has 128 valence electrons. The van der Waals surface area contributed by atoms with Crippen LogP contribution < -0.4 is 10.6 Å². The van der Waals surface area contributed by atoms with Crippen LogP contribution in [-0.4, -0.2) is 11.0 Å². The Bertz CT molecular complexity index is 1170. The maximum atomic E-state index is 12.9. The third-order valence-corrected chi connectivity index (χ3v) is 5.59. The van der Waals surface area contributed by atoms with Gasteiger partial charge in [0, 0.05) is 11.1 Å². The highest BCUT2D eigenvalue weighted by molar-refractivity contribution is 7.22. The van der Waals surface area contributed by atoms with E-state index in [2.05, 4.69) is 39.9 Å². The number of halogens is 1. The van der Waals surface area contributed by atoms with Gasteiger partial charge in [0.2, 0.25) is 0 Å². The molecule has 1 aliphatic carbocycles. The first-order valence-electron chi connectivity index (χ1n) is 8.35. The first kappa shape index (κ1) is 15.3. The van der Waals surface area contributed by atoms with Gasteiger partial charge in [0.15, 0.2) is 5.13 Å². The van der Waals surface area contributed by atoms with Crippen LogP contribution in [0.2, 0.25) is 0 Å². The zero-order valence-electron chi connectivity index (χ0n) is 13.7. The van der Waals surface area contributed by atoms with E-state index in [-0.39, 0.29) is 5.82 Å². The Labute approximate surface area is 152 Å². The summed E-state index contributed by atoms with van der Waals surface area (Å²) in [5.41, 5.74) is 4.18. The fraction of sp³-hybridized carbons (Fsp3) is 0.100. The van der Waals surface area contributed by atoms with Crippen molar-refractivity contribution in [1.29, 1.82) is 0 Å². The number of hydrogen-bond acceptors (Lipinski definition) is 3. The summed E-state index contributed by atoms with van der Waals surface area (Å²) in [6.45, 7) is 0. The van der Waals surface area contributed by atoms with Crippen molar-refractivity contribution in [2.75, 3.05) is 10.6 Å². The highest BCUT2D eigenvalue weighted by Gasteiger charge is 2.18. The summed E-state index contributed by atoms with van der Waals surface area (Å²) in [5, 5.41) is 8.46. The Hall–Kier alpha value is -2.99. The molecule has 6 heteroatoms. The largest absolute Gasteiger partial charge is 0.325 e. The smallest absolute Gasteiger partial charge is 0.308 e. The first-order chi connectivity index (χ1) is 12.7. The monoisotopic (exact) mass is 363 g/mol. The molecule has 0 unspecified atom stereocenters. The second-order valence-corrected chi connectivity index (χ2v) is 7.36. The van der Waals surface area contributed by atoms with Crippen molar-refractivity contribution in [1.82, 2.24) is 4.98 Å². The van der Waals surface area contributed by atoms with E-state index in [0.717, 1.165) is 28.4 Å². The number of carbonyl (C=O) groups is 1. The number of anilines is 2. The average molecular weight is 363 g/mol. The predicted octanol–water partition coefficient (Wildman–Crippen LogP) is 5.33. The molecule has 0 spiro atoms. The van der Waals surface area contributed by atoms with Gasteiger partial charge in [0.05, 0.1) is 10.2 Å². The van der Waals surface area contributed by atoms with Crippen molar-refractivity contribution < 1.29 is 9.18 Å². The number of urea groups is 1. The lowest BCUT2D eigenvalue weighted by molar-refractivity contribution is 0.262. The van der Waals surface area contributed by atoms with Crippen LogP contribution in [0.4, 0.5) is 20.0 Å². The molecular formula is C20H14FN3OS. The van der Waals surface area contributed by atoms with E-state index >= 15 is 0 Å². The predicted molar refractivity (Wildman–Crippen MR) is 104 cm³/mol. The zero-order valence-corrected chi connectivity index (χ0v) is 14.5. The molecule has 0 bridgehead atoms. The summed E-state index contributed by atoms with van der Waals surface area (Å²) in [5.74, 6) is -0.342. The zero-order chi connectivity index (χ0) is 17.7. The molecule has 3 aromatic carbocycles. The minimum absolute atomic E-state index is 0.342. The number of thiazole rings is 1. The topological polar surface area (TPSA) is 54.0 Å². The molecule has 0 atom stereocenters. The van der Waals surface area contributed by atoms with Crippen molar-refractivity contribution in [2.45, 2.75) is 12.8 Å². The third kappa shape index (κ3) is 2.50. The van der Waals surface area contributed by atoms with Crippen molar-refractivity contribution in [3.8, 4) is 0 Å². The minimum atomic E-state index is -0.395. The van der Waals surface area contributed by atoms with Crippen molar-refractivity contribution in [3.05, 3.63) is 65.5 Å². The normalized spacial score (nSPS) is 12.7. The molecule has 4 aromatic rings. The molecule has 2 amide bonds. The number of benzene rings is 3. The molecule has 0 fully saturated rings. The summed E-state index contributed by atoms with van der Waals surface area (Å²) >= 11 is 1.46. The average Bonchev–Trinajstić information content (AvgIpc) is 3.22. The van der Waals surface area contributed by atoms with Crippen LogP contribution in [0.1, 0.15) is 11.1 Å². The maximum absolute atomic E-state index is 12.9. The van der Waals surface area contributed by atoms with E-state index in [9.17, 15) is 9.18 Å². The second kappa shape index (κ2) is 5.78. The molecule has 0 aliphatic heterocycles. The van der Waals surface area contributed by atoms with Crippen LogP contribution in [-0.2, 0) is 12.8 Å². The van der Waals surface area contributed by atoms with Gasteiger partial charge >= 0.3 is 6.03 Å².